The van der Waals surface area contributed by atoms with Gasteiger partial charge < -0.3 is 14.7 Å². The number of amides is 1. The highest BCUT2D eigenvalue weighted by Crippen LogP contribution is 2.33. The van der Waals surface area contributed by atoms with Gasteiger partial charge in [-0.3, -0.25) is 4.79 Å². The normalized spacial score (nSPS) is 32.9. The second-order valence-corrected chi connectivity index (χ2v) is 8.00. The fourth-order valence-electron chi connectivity index (χ4n) is 4.07. The minimum atomic E-state index is -0.457. The molecule has 0 radical (unpaired) electrons. The Bertz CT molecular complexity index is 508. The number of nitrogens with zero attached hydrogens (tertiary/aromatic N) is 1. The summed E-state index contributed by atoms with van der Waals surface area (Å²) in [4.78, 5) is 16.0. The zero-order valence-corrected chi connectivity index (χ0v) is 14.8. The van der Waals surface area contributed by atoms with Crippen LogP contribution in [0.4, 0.5) is 0 Å². The third-order valence-electron chi connectivity index (χ3n) is 5.07. The molecule has 1 amide bonds. The summed E-state index contributed by atoms with van der Waals surface area (Å²) in [5, 5.41) is 12.4. The average molecular weight is 337 g/mol. The van der Waals surface area contributed by atoms with E-state index >= 15 is 0 Å². The van der Waals surface area contributed by atoms with E-state index in [0.717, 1.165) is 37.1 Å². The van der Waals surface area contributed by atoms with Gasteiger partial charge in [-0.25, -0.2) is 0 Å². The Morgan fingerprint density at radius 1 is 1.43 bits per heavy atom. The average Bonchev–Trinajstić information content (AvgIpc) is 3.16. The summed E-state index contributed by atoms with van der Waals surface area (Å²) in [6.07, 6.45) is 4.20. The number of carbonyl (C=O) groups is 1. The van der Waals surface area contributed by atoms with Crippen LogP contribution in [0.2, 0.25) is 0 Å². The molecule has 5 heteroatoms. The second-order valence-electron chi connectivity index (χ2n) is 7.02. The fourth-order valence-corrected chi connectivity index (χ4v) is 4.79. The summed E-state index contributed by atoms with van der Waals surface area (Å²) in [6, 6.07) is 4.11. The molecule has 1 aromatic heterocycles. The van der Waals surface area contributed by atoms with Crippen LogP contribution < -0.4 is 0 Å². The molecule has 0 aliphatic carbocycles. The van der Waals surface area contributed by atoms with Gasteiger partial charge in [-0.2, -0.15) is 0 Å². The molecule has 128 valence electrons. The van der Waals surface area contributed by atoms with Crippen molar-refractivity contribution in [3.8, 4) is 0 Å². The number of ether oxygens (including phenoxy) is 1. The molecule has 23 heavy (non-hydrogen) atoms. The molecule has 3 heterocycles. The smallest absolute Gasteiger partial charge is 0.226 e. The van der Waals surface area contributed by atoms with E-state index in [2.05, 4.69) is 13.8 Å². The first-order valence-corrected chi connectivity index (χ1v) is 9.60. The molecule has 0 aromatic carbocycles. The SMILES string of the molecule is CC1CC(C(=O)N2CCCC2CC(O)c2cccs2)CC(C)O1. The van der Waals surface area contributed by atoms with E-state index in [-0.39, 0.29) is 30.1 Å². The monoisotopic (exact) mass is 337 g/mol. The van der Waals surface area contributed by atoms with E-state index in [4.69, 9.17) is 4.74 Å². The Kier molecular flexibility index (Phi) is 5.39. The quantitative estimate of drug-likeness (QED) is 0.916. The van der Waals surface area contributed by atoms with Crippen molar-refractivity contribution < 1.29 is 14.6 Å². The van der Waals surface area contributed by atoms with Gasteiger partial charge in [0.1, 0.15) is 0 Å². The van der Waals surface area contributed by atoms with Crippen LogP contribution in [0.15, 0.2) is 17.5 Å². The summed E-state index contributed by atoms with van der Waals surface area (Å²) in [7, 11) is 0. The minimum Gasteiger partial charge on any atom is -0.387 e. The molecule has 4 nitrogen and oxygen atoms in total. The van der Waals surface area contributed by atoms with E-state index in [1.807, 2.05) is 22.4 Å². The molecule has 1 N–H and O–H groups in total. The molecule has 3 rings (SSSR count). The number of rotatable bonds is 4. The van der Waals surface area contributed by atoms with Crippen molar-refractivity contribution in [2.75, 3.05) is 6.54 Å². The molecule has 2 fully saturated rings. The number of thiophene rings is 1. The topological polar surface area (TPSA) is 49.8 Å². The van der Waals surface area contributed by atoms with Crippen molar-refractivity contribution >= 4 is 17.2 Å². The van der Waals surface area contributed by atoms with E-state index in [1.54, 1.807) is 11.3 Å². The zero-order chi connectivity index (χ0) is 16.4. The van der Waals surface area contributed by atoms with Crippen LogP contribution in [-0.2, 0) is 9.53 Å². The summed E-state index contributed by atoms with van der Waals surface area (Å²) in [6.45, 7) is 4.94. The molecular formula is C18H27NO3S. The number of likely N-dealkylation sites (tertiary alicyclic amines) is 1. The maximum absolute atomic E-state index is 13.0. The lowest BCUT2D eigenvalue weighted by Gasteiger charge is -2.35. The second kappa shape index (κ2) is 7.32. The first-order chi connectivity index (χ1) is 11.0. The van der Waals surface area contributed by atoms with Crippen LogP contribution in [0.3, 0.4) is 0 Å². The van der Waals surface area contributed by atoms with Crippen LogP contribution in [0.5, 0.6) is 0 Å². The van der Waals surface area contributed by atoms with Crippen molar-refractivity contribution in [1.29, 1.82) is 0 Å². The van der Waals surface area contributed by atoms with Crippen molar-refractivity contribution in [2.24, 2.45) is 5.92 Å². The van der Waals surface area contributed by atoms with Crippen molar-refractivity contribution in [1.82, 2.24) is 4.90 Å². The van der Waals surface area contributed by atoms with Crippen LogP contribution in [0.25, 0.3) is 0 Å². The Balaban J connectivity index is 1.62. The van der Waals surface area contributed by atoms with Crippen molar-refractivity contribution in [3.05, 3.63) is 22.4 Å². The number of aliphatic hydroxyl groups is 1. The summed E-state index contributed by atoms with van der Waals surface area (Å²) < 4.78 is 5.76. The lowest BCUT2D eigenvalue weighted by molar-refractivity contribution is -0.144. The highest BCUT2D eigenvalue weighted by Gasteiger charge is 2.37. The van der Waals surface area contributed by atoms with Gasteiger partial charge in [0.2, 0.25) is 5.91 Å². The number of hydrogen-bond acceptors (Lipinski definition) is 4. The first-order valence-electron chi connectivity index (χ1n) is 8.72. The van der Waals surface area contributed by atoms with Crippen LogP contribution >= 0.6 is 11.3 Å². The van der Waals surface area contributed by atoms with E-state index in [0.29, 0.717) is 6.42 Å². The molecule has 4 unspecified atom stereocenters. The Hall–Kier alpha value is -0.910. The fraction of sp³-hybridized carbons (Fsp3) is 0.722. The number of carbonyl (C=O) groups excluding carboxylic acids is 1. The van der Waals surface area contributed by atoms with Gasteiger partial charge >= 0.3 is 0 Å². The Morgan fingerprint density at radius 3 is 2.83 bits per heavy atom. The molecule has 0 spiro atoms. The molecule has 2 aliphatic rings. The molecule has 1 aromatic rings. The Morgan fingerprint density at radius 2 is 2.17 bits per heavy atom. The third-order valence-corrected chi connectivity index (χ3v) is 6.05. The van der Waals surface area contributed by atoms with Crippen molar-refractivity contribution in [3.63, 3.8) is 0 Å². The highest BCUT2D eigenvalue weighted by atomic mass is 32.1. The van der Waals surface area contributed by atoms with Gasteiger partial charge in [-0.1, -0.05) is 6.07 Å². The van der Waals surface area contributed by atoms with E-state index < -0.39 is 6.10 Å². The largest absolute Gasteiger partial charge is 0.387 e. The minimum absolute atomic E-state index is 0.0771. The standard InChI is InChI=1S/C18H27NO3S/c1-12-9-14(10-13(2)22-12)18(21)19-7-3-5-15(19)11-16(20)17-6-4-8-23-17/h4,6,8,12-16,20H,3,5,7,9-11H2,1-2H3. The lowest BCUT2D eigenvalue weighted by Crippen LogP contribution is -2.44. The van der Waals surface area contributed by atoms with E-state index in [9.17, 15) is 9.90 Å². The van der Waals surface area contributed by atoms with Gasteiger partial charge in [0.05, 0.1) is 18.3 Å². The molecule has 2 aliphatic heterocycles. The third kappa shape index (κ3) is 3.95. The maximum atomic E-state index is 13.0. The predicted octanol–water partition coefficient (Wildman–Crippen LogP) is 3.37. The molecule has 2 saturated heterocycles. The molecule has 4 atom stereocenters. The van der Waals surface area contributed by atoms with E-state index in [1.165, 1.54) is 0 Å². The van der Waals surface area contributed by atoms with Crippen LogP contribution in [-0.4, -0.2) is 40.7 Å². The van der Waals surface area contributed by atoms with Crippen molar-refractivity contribution in [2.45, 2.75) is 70.3 Å². The van der Waals surface area contributed by atoms with Gasteiger partial charge in [-0.05, 0) is 57.4 Å². The number of aliphatic hydroxyl groups excluding tert-OH is 1. The molecular weight excluding hydrogens is 310 g/mol. The summed E-state index contributed by atoms with van der Waals surface area (Å²) in [5.41, 5.74) is 0. The summed E-state index contributed by atoms with van der Waals surface area (Å²) in [5.74, 6) is 0.348. The highest BCUT2D eigenvalue weighted by molar-refractivity contribution is 7.10. The zero-order valence-electron chi connectivity index (χ0n) is 14.0. The predicted molar refractivity (Wildman–Crippen MR) is 91.4 cm³/mol. The first kappa shape index (κ1) is 16.9. The maximum Gasteiger partial charge on any atom is 0.226 e. The van der Waals surface area contributed by atoms with Gasteiger partial charge in [0, 0.05) is 23.4 Å². The lowest BCUT2D eigenvalue weighted by atomic mass is 9.91. The molecule has 0 bridgehead atoms. The number of hydrogen-bond donors (Lipinski definition) is 1. The van der Waals surface area contributed by atoms with Gasteiger partial charge in [0.15, 0.2) is 0 Å². The van der Waals surface area contributed by atoms with Gasteiger partial charge in [-0.15, -0.1) is 11.3 Å². The Labute approximate surface area is 142 Å². The van der Waals surface area contributed by atoms with Crippen LogP contribution in [0.1, 0.15) is 56.9 Å². The van der Waals surface area contributed by atoms with Gasteiger partial charge in [0.25, 0.3) is 0 Å². The molecule has 0 saturated carbocycles. The van der Waals surface area contributed by atoms with Crippen LogP contribution in [0, 0.1) is 5.92 Å². The summed E-state index contributed by atoms with van der Waals surface area (Å²) >= 11 is 1.58.